The van der Waals surface area contributed by atoms with Gasteiger partial charge in [-0.2, -0.15) is 10.1 Å². The molecule has 2 heterocycles. The number of ether oxygens (including phenoxy) is 1. The molecule has 2 aromatic rings. The van der Waals surface area contributed by atoms with Crippen LogP contribution in [0.3, 0.4) is 0 Å². The molecule has 1 atom stereocenters. The van der Waals surface area contributed by atoms with Gasteiger partial charge >= 0.3 is 0 Å². The molecule has 1 aromatic carbocycles. The molecule has 1 aromatic heterocycles. The van der Waals surface area contributed by atoms with Crippen molar-refractivity contribution in [3.05, 3.63) is 36.0 Å². The van der Waals surface area contributed by atoms with Crippen LogP contribution in [0.2, 0.25) is 0 Å². The zero-order valence-electron chi connectivity index (χ0n) is 14.0. The lowest BCUT2D eigenvalue weighted by atomic mass is 10.1. The number of methoxy groups -OCH3 is 1. The lowest BCUT2D eigenvalue weighted by molar-refractivity contribution is 0.414. The van der Waals surface area contributed by atoms with Gasteiger partial charge < -0.3 is 15.4 Å². The van der Waals surface area contributed by atoms with Crippen molar-refractivity contribution in [1.29, 1.82) is 0 Å². The van der Waals surface area contributed by atoms with E-state index in [9.17, 15) is 8.42 Å². The first kappa shape index (κ1) is 17.4. The van der Waals surface area contributed by atoms with E-state index < -0.39 is 9.84 Å². The molecule has 1 aliphatic rings. The highest BCUT2D eigenvalue weighted by Gasteiger charge is 2.28. The minimum Gasteiger partial charge on any atom is -0.497 e. The number of aromatic nitrogens is 3. The van der Waals surface area contributed by atoms with E-state index in [1.54, 1.807) is 13.3 Å². The Morgan fingerprint density at radius 1 is 1.36 bits per heavy atom. The Morgan fingerprint density at radius 2 is 2.24 bits per heavy atom. The zero-order valence-corrected chi connectivity index (χ0v) is 14.8. The van der Waals surface area contributed by atoms with E-state index in [0.717, 1.165) is 17.7 Å². The van der Waals surface area contributed by atoms with Gasteiger partial charge in [-0.25, -0.2) is 8.42 Å². The molecule has 0 aliphatic carbocycles. The van der Waals surface area contributed by atoms with Crippen molar-refractivity contribution < 1.29 is 13.2 Å². The van der Waals surface area contributed by atoms with E-state index in [1.807, 2.05) is 24.3 Å². The fourth-order valence-corrected chi connectivity index (χ4v) is 4.38. The van der Waals surface area contributed by atoms with E-state index in [2.05, 4.69) is 25.8 Å². The van der Waals surface area contributed by atoms with E-state index in [1.165, 1.54) is 0 Å². The maximum absolute atomic E-state index is 11.5. The normalized spacial score (nSPS) is 18.7. The predicted octanol–water partition coefficient (Wildman–Crippen LogP) is 1.13. The standard InChI is InChI=1S/C16H21N5O3S/c1-24-14-4-2-3-12(9-14)5-7-17-15-10-18-21-16(20-15)19-13-6-8-25(22,23)11-13/h2-4,9-10,13H,5-8,11H2,1H3,(H2,17,19,20,21). The topological polar surface area (TPSA) is 106 Å². The highest BCUT2D eigenvalue weighted by atomic mass is 32.2. The molecule has 1 aliphatic heterocycles. The molecule has 134 valence electrons. The second-order valence-corrected chi connectivity index (χ2v) is 8.17. The van der Waals surface area contributed by atoms with Gasteiger partial charge in [-0.15, -0.1) is 5.10 Å². The highest BCUT2D eigenvalue weighted by Crippen LogP contribution is 2.16. The van der Waals surface area contributed by atoms with Crippen LogP contribution in [0.15, 0.2) is 30.5 Å². The SMILES string of the molecule is COc1cccc(CCNc2cnnc(NC3CCS(=O)(=O)C3)n2)c1. The Morgan fingerprint density at radius 3 is 3.00 bits per heavy atom. The first-order chi connectivity index (χ1) is 12.0. The maximum Gasteiger partial charge on any atom is 0.244 e. The molecule has 8 nitrogen and oxygen atoms in total. The Hall–Kier alpha value is -2.42. The van der Waals surface area contributed by atoms with E-state index in [-0.39, 0.29) is 17.5 Å². The number of nitrogens with zero attached hydrogens (tertiary/aromatic N) is 3. The lowest BCUT2D eigenvalue weighted by Gasteiger charge is -2.11. The number of rotatable bonds is 7. The second-order valence-electron chi connectivity index (χ2n) is 5.94. The van der Waals surface area contributed by atoms with Crippen molar-refractivity contribution in [3.8, 4) is 5.75 Å². The van der Waals surface area contributed by atoms with Crippen molar-refractivity contribution in [3.63, 3.8) is 0 Å². The van der Waals surface area contributed by atoms with Gasteiger partial charge in [0, 0.05) is 12.6 Å². The lowest BCUT2D eigenvalue weighted by Crippen LogP contribution is -2.22. The largest absolute Gasteiger partial charge is 0.497 e. The van der Waals surface area contributed by atoms with Gasteiger partial charge in [0.05, 0.1) is 24.8 Å². The van der Waals surface area contributed by atoms with Gasteiger partial charge in [-0.3, -0.25) is 0 Å². The van der Waals surface area contributed by atoms with E-state index in [4.69, 9.17) is 4.74 Å². The minimum atomic E-state index is -2.94. The van der Waals surface area contributed by atoms with Crippen LogP contribution in [0, 0.1) is 0 Å². The number of anilines is 2. The summed E-state index contributed by atoms with van der Waals surface area (Å²) < 4.78 is 28.2. The van der Waals surface area contributed by atoms with Crippen LogP contribution >= 0.6 is 0 Å². The number of benzene rings is 1. The molecule has 0 radical (unpaired) electrons. The van der Waals surface area contributed by atoms with Crippen LogP contribution in [-0.4, -0.2) is 54.8 Å². The van der Waals surface area contributed by atoms with Gasteiger partial charge in [-0.05, 0) is 30.5 Å². The highest BCUT2D eigenvalue weighted by molar-refractivity contribution is 7.91. The van der Waals surface area contributed by atoms with Gasteiger partial charge in [-0.1, -0.05) is 12.1 Å². The first-order valence-corrected chi connectivity index (χ1v) is 9.90. The molecular formula is C16H21N5O3S. The third-order valence-electron chi connectivity index (χ3n) is 3.98. The van der Waals surface area contributed by atoms with Crippen LogP contribution in [0.4, 0.5) is 11.8 Å². The van der Waals surface area contributed by atoms with Crippen LogP contribution in [-0.2, 0) is 16.3 Å². The smallest absolute Gasteiger partial charge is 0.244 e. The Kier molecular flexibility index (Phi) is 5.32. The van der Waals surface area contributed by atoms with E-state index in [0.29, 0.717) is 24.7 Å². The number of nitrogens with one attached hydrogen (secondary N) is 2. The summed E-state index contributed by atoms with van der Waals surface area (Å²) in [5.41, 5.74) is 1.16. The third kappa shape index (κ3) is 5.02. The van der Waals surface area contributed by atoms with Gasteiger partial charge in [0.15, 0.2) is 15.7 Å². The summed E-state index contributed by atoms with van der Waals surface area (Å²) in [6.45, 7) is 0.684. The summed E-state index contributed by atoms with van der Waals surface area (Å²) in [5.74, 6) is 2.09. The molecule has 25 heavy (non-hydrogen) atoms. The number of hydrogen-bond donors (Lipinski definition) is 2. The number of hydrogen-bond acceptors (Lipinski definition) is 8. The van der Waals surface area contributed by atoms with Crippen LogP contribution in [0.5, 0.6) is 5.75 Å². The molecule has 1 unspecified atom stereocenters. The number of sulfone groups is 1. The quantitative estimate of drug-likeness (QED) is 0.754. The molecule has 3 rings (SSSR count). The van der Waals surface area contributed by atoms with Gasteiger partial charge in [0.1, 0.15) is 5.75 Å². The molecule has 2 N–H and O–H groups in total. The van der Waals surface area contributed by atoms with Crippen molar-refractivity contribution in [2.24, 2.45) is 0 Å². The van der Waals surface area contributed by atoms with Crippen molar-refractivity contribution in [2.45, 2.75) is 18.9 Å². The van der Waals surface area contributed by atoms with E-state index >= 15 is 0 Å². The molecule has 1 fully saturated rings. The molecule has 9 heteroatoms. The monoisotopic (exact) mass is 363 g/mol. The fraction of sp³-hybridized carbons (Fsp3) is 0.438. The zero-order chi connectivity index (χ0) is 17.7. The molecule has 0 bridgehead atoms. The Labute approximate surface area is 147 Å². The summed E-state index contributed by atoms with van der Waals surface area (Å²) in [7, 11) is -1.29. The average Bonchev–Trinajstić information content (AvgIpc) is 2.94. The van der Waals surface area contributed by atoms with Crippen LogP contribution in [0.1, 0.15) is 12.0 Å². The Bertz CT molecular complexity index is 828. The van der Waals surface area contributed by atoms with Crippen molar-refractivity contribution in [2.75, 3.05) is 35.8 Å². The third-order valence-corrected chi connectivity index (χ3v) is 5.75. The van der Waals surface area contributed by atoms with Crippen LogP contribution < -0.4 is 15.4 Å². The summed E-state index contributed by atoms with van der Waals surface area (Å²) in [4.78, 5) is 4.33. The maximum atomic E-state index is 11.5. The Balaban J connectivity index is 1.53. The van der Waals surface area contributed by atoms with Crippen LogP contribution in [0.25, 0.3) is 0 Å². The predicted molar refractivity (Wildman–Crippen MR) is 95.7 cm³/mol. The minimum absolute atomic E-state index is 0.115. The molecule has 0 amide bonds. The van der Waals surface area contributed by atoms with Crippen molar-refractivity contribution in [1.82, 2.24) is 15.2 Å². The average molecular weight is 363 g/mol. The van der Waals surface area contributed by atoms with Crippen molar-refractivity contribution >= 4 is 21.6 Å². The fourth-order valence-electron chi connectivity index (χ4n) is 2.70. The summed E-state index contributed by atoms with van der Waals surface area (Å²) >= 11 is 0. The van der Waals surface area contributed by atoms with Gasteiger partial charge in [0.25, 0.3) is 0 Å². The second kappa shape index (κ2) is 7.64. The van der Waals surface area contributed by atoms with Gasteiger partial charge in [0.2, 0.25) is 5.95 Å². The first-order valence-electron chi connectivity index (χ1n) is 8.07. The molecular weight excluding hydrogens is 342 g/mol. The molecule has 0 spiro atoms. The molecule has 0 saturated carbocycles. The summed E-state index contributed by atoms with van der Waals surface area (Å²) in [6, 6.07) is 7.74. The summed E-state index contributed by atoms with van der Waals surface area (Å²) in [5, 5.41) is 14.1. The molecule has 1 saturated heterocycles. The summed E-state index contributed by atoms with van der Waals surface area (Å²) in [6.07, 6.45) is 2.92.